The number of hydrogen-bond donors (Lipinski definition) is 1. The first-order valence-corrected chi connectivity index (χ1v) is 23.6. The van der Waals surface area contributed by atoms with Crippen LogP contribution < -0.4 is 11.4 Å². The lowest BCUT2D eigenvalue weighted by Gasteiger charge is -2.41. The Morgan fingerprint density at radius 2 is 1.66 bits per heavy atom. The van der Waals surface area contributed by atoms with Gasteiger partial charge in [-0.25, -0.2) is 23.1 Å². The third-order valence-electron chi connectivity index (χ3n) is 15.6. The number of aromatic nitrogens is 9. The van der Waals surface area contributed by atoms with E-state index in [1.165, 1.54) is 40.7 Å². The Hall–Kier alpha value is -7.41. The summed E-state index contributed by atoms with van der Waals surface area (Å²) in [4.78, 5) is 63.4. The molecule has 17 nitrogen and oxygen atoms in total. The molecule has 0 bridgehead atoms. The highest BCUT2D eigenvalue weighted by molar-refractivity contribution is 6.01. The Kier molecular flexibility index (Phi) is 9.27. The van der Waals surface area contributed by atoms with Crippen molar-refractivity contribution in [1.82, 2.24) is 53.2 Å². The molecule has 2 saturated heterocycles. The molecule has 8 heterocycles. The van der Waals surface area contributed by atoms with Gasteiger partial charge in [-0.3, -0.25) is 32.9 Å². The average molecular weight is 952 g/mol. The Morgan fingerprint density at radius 1 is 0.929 bits per heavy atom. The molecule has 2 amide bonds. The van der Waals surface area contributed by atoms with Gasteiger partial charge in [0.1, 0.15) is 28.5 Å². The lowest BCUT2D eigenvalue weighted by atomic mass is 9.83. The summed E-state index contributed by atoms with van der Waals surface area (Å²) in [6, 6.07) is 13.8. The molecule has 19 heteroatoms. The number of nitrogens with one attached hydrogen (secondary N) is 1. The van der Waals surface area contributed by atoms with Crippen LogP contribution in [0.5, 0.6) is 0 Å². The molecule has 360 valence electrons. The molecule has 3 aliphatic heterocycles. The van der Waals surface area contributed by atoms with Gasteiger partial charge in [0.05, 0.1) is 52.4 Å². The largest absolute Gasteiger partial charge is 0.438 e. The maximum Gasteiger partial charge on any atom is 0.438 e. The van der Waals surface area contributed by atoms with Gasteiger partial charge in [-0.2, -0.15) is 10.2 Å². The number of ether oxygens (including phenoxy) is 1. The summed E-state index contributed by atoms with van der Waals surface area (Å²) in [6.45, 7) is 13.7. The Bertz CT molecular complexity index is 3660. The zero-order valence-corrected chi connectivity index (χ0v) is 40.0. The molecule has 1 N–H and O–H groups in total. The van der Waals surface area contributed by atoms with Gasteiger partial charge in [0.2, 0.25) is 5.91 Å². The number of benzene rings is 3. The van der Waals surface area contributed by atoms with Crippen LogP contribution in [0.25, 0.3) is 39.0 Å². The molecule has 0 radical (unpaired) electrons. The predicted molar refractivity (Wildman–Crippen MR) is 252 cm³/mol. The summed E-state index contributed by atoms with van der Waals surface area (Å²) in [7, 11) is 1.71. The second kappa shape index (κ2) is 14.8. The molecule has 70 heavy (non-hydrogen) atoms. The summed E-state index contributed by atoms with van der Waals surface area (Å²) in [6.07, 6.45) is 6.71. The summed E-state index contributed by atoms with van der Waals surface area (Å²) in [5, 5.41) is 14.6. The molecule has 8 aromatic rings. The third-order valence-corrected chi connectivity index (χ3v) is 15.6. The molecule has 5 aromatic heterocycles. The summed E-state index contributed by atoms with van der Waals surface area (Å²) >= 11 is 0. The van der Waals surface area contributed by atoms with Crippen molar-refractivity contribution in [2.75, 3.05) is 13.2 Å². The number of halogens is 2. The Balaban J connectivity index is 1.06. The van der Waals surface area contributed by atoms with Crippen LogP contribution in [0.3, 0.4) is 0 Å². The number of amides is 2. The second-order valence-corrected chi connectivity index (χ2v) is 20.5. The Morgan fingerprint density at radius 3 is 2.33 bits per heavy atom. The molecule has 1 aliphatic carbocycles. The van der Waals surface area contributed by atoms with Crippen LogP contribution in [0, 0.1) is 31.4 Å². The summed E-state index contributed by atoms with van der Waals surface area (Å²) < 4.78 is 50.4. The number of hydrogen-bond acceptors (Lipinski definition) is 9. The third kappa shape index (κ3) is 6.18. The first-order chi connectivity index (χ1) is 33.3. The normalized spacial score (nSPS) is 23.7. The number of carbonyl (C=O) groups excluding carboxylic acids is 2. The zero-order chi connectivity index (χ0) is 49.1. The molecule has 1 unspecified atom stereocenters. The molecule has 3 fully saturated rings. The first-order valence-electron chi connectivity index (χ1n) is 23.6. The van der Waals surface area contributed by atoms with E-state index in [1.54, 1.807) is 58.3 Å². The van der Waals surface area contributed by atoms with Crippen LogP contribution in [0.4, 0.5) is 8.78 Å². The van der Waals surface area contributed by atoms with E-state index in [1.807, 2.05) is 30.5 Å². The number of imidazole rings is 1. The van der Waals surface area contributed by atoms with Gasteiger partial charge in [-0.05, 0) is 125 Å². The molecule has 1 spiro atoms. The predicted octanol–water partition coefficient (Wildman–Crippen LogP) is 7.00. The number of nitrogens with zero attached hydrogens (tertiary/aromatic N) is 10. The van der Waals surface area contributed by atoms with Gasteiger partial charge in [0.15, 0.2) is 11.6 Å². The van der Waals surface area contributed by atoms with E-state index in [-0.39, 0.29) is 59.0 Å². The number of fused-ring (bicyclic) bond motifs is 3. The van der Waals surface area contributed by atoms with Crippen LogP contribution in [-0.4, -0.2) is 89.4 Å². The topological polar surface area (TPSA) is 176 Å². The van der Waals surface area contributed by atoms with Crippen molar-refractivity contribution in [2.45, 2.75) is 103 Å². The SMILES string of the molecule is CC(=O)N1CC12Cc1nn(-c3cc(C)c(F)c(C)c3)c(-n3ccn(-c4ccc5c(cnn5C)c4F)c3=O)c1[C@H](C)N2C(=O)c1cc2cc([C@H]3CCOC(C)(C)C3)ccc2n1[C@@]1(c2noc(=O)[nH]2)C[C@@H]1C. The van der Waals surface area contributed by atoms with Gasteiger partial charge < -0.3 is 19.1 Å². The van der Waals surface area contributed by atoms with Gasteiger partial charge >= 0.3 is 11.4 Å². The highest BCUT2D eigenvalue weighted by Gasteiger charge is 2.65. The fourth-order valence-electron chi connectivity index (χ4n) is 12.0. The molecular weight excluding hydrogens is 901 g/mol. The summed E-state index contributed by atoms with van der Waals surface area (Å²) in [5.74, 6) is -1.68. The van der Waals surface area contributed by atoms with E-state index in [9.17, 15) is 14.4 Å². The van der Waals surface area contributed by atoms with Gasteiger partial charge in [0, 0.05) is 55.9 Å². The smallest absolute Gasteiger partial charge is 0.376 e. The van der Waals surface area contributed by atoms with E-state index >= 15 is 13.6 Å². The van der Waals surface area contributed by atoms with Crippen molar-refractivity contribution in [3.63, 3.8) is 0 Å². The fraction of sp³-hybridized carbons (Fsp3) is 0.392. The van der Waals surface area contributed by atoms with Crippen LogP contribution in [0.2, 0.25) is 0 Å². The molecule has 1 saturated carbocycles. The highest BCUT2D eigenvalue weighted by atomic mass is 19.1. The number of aryl methyl sites for hydroxylation is 3. The van der Waals surface area contributed by atoms with Crippen molar-refractivity contribution >= 4 is 33.6 Å². The van der Waals surface area contributed by atoms with E-state index in [0.717, 1.165) is 29.3 Å². The second-order valence-electron chi connectivity index (χ2n) is 20.5. The Labute approximate surface area is 398 Å². The van der Waals surface area contributed by atoms with Crippen molar-refractivity contribution < 1.29 is 27.6 Å². The number of rotatable bonds is 7. The molecule has 5 atom stereocenters. The van der Waals surface area contributed by atoms with Gasteiger partial charge in [0.25, 0.3) is 5.91 Å². The van der Waals surface area contributed by atoms with Crippen molar-refractivity contribution in [3.8, 4) is 17.2 Å². The lowest BCUT2D eigenvalue weighted by molar-refractivity contribution is -0.126. The average Bonchev–Trinajstić information content (AvgIpc) is 3.68. The maximum absolute atomic E-state index is 16.3. The monoisotopic (exact) mass is 951 g/mol. The first kappa shape index (κ1) is 43.8. The van der Waals surface area contributed by atoms with Crippen LogP contribution in [0.1, 0.15) is 110 Å². The lowest BCUT2D eigenvalue weighted by Crippen LogP contribution is -2.53. The van der Waals surface area contributed by atoms with Crippen LogP contribution in [0.15, 0.2) is 81.2 Å². The van der Waals surface area contributed by atoms with E-state index < -0.39 is 40.4 Å². The molecule has 12 rings (SSSR count). The highest BCUT2D eigenvalue weighted by Crippen LogP contribution is 2.57. The summed E-state index contributed by atoms with van der Waals surface area (Å²) in [5.41, 5.74) is 1.88. The van der Waals surface area contributed by atoms with Gasteiger partial charge in [-0.15, -0.1) is 0 Å². The zero-order valence-electron chi connectivity index (χ0n) is 40.0. The molecular formula is C51H51F2N11O6. The number of aromatic amines is 1. The minimum absolute atomic E-state index is 0.00440. The molecule has 4 aliphatic rings. The van der Waals surface area contributed by atoms with E-state index in [4.69, 9.17) is 14.4 Å². The fourth-order valence-corrected chi connectivity index (χ4v) is 12.0. The van der Waals surface area contributed by atoms with Crippen molar-refractivity contribution in [1.29, 1.82) is 0 Å². The van der Waals surface area contributed by atoms with Crippen LogP contribution in [-0.2, 0) is 28.5 Å². The van der Waals surface area contributed by atoms with Crippen molar-refractivity contribution in [2.24, 2.45) is 13.0 Å². The van der Waals surface area contributed by atoms with E-state index in [2.05, 4.69) is 41.2 Å². The minimum atomic E-state index is -1.16. The van der Waals surface area contributed by atoms with Crippen LogP contribution >= 0.6 is 0 Å². The quantitative estimate of drug-likeness (QED) is 0.165. The minimum Gasteiger partial charge on any atom is -0.376 e. The van der Waals surface area contributed by atoms with E-state index in [0.29, 0.717) is 58.1 Å². The van der Waals surface area contributed by atoms with Crippen molar-refractivity contribution in [3.05, 3.63) is 139 Å². The molecule has 3 aromatic carbocycles. The standard InChI is InChI=1S/C51H51F2N11O6/c1-26-17-34(18-27(2)42(26)52)64-44(60-15-14-59(48(60)68)39-12-11-38-35(43(39)53)24-54-58(38)8)41-29(4)62(50(23-36(41)56-64)25-61(50)30(5)65)45(66)40-20-33-19-31(32-13-16-69-49(6,7)22-32)9-10-37(33)63(40)51(21-28(51)3)46-55-47(67)70-57-46/h9-12,14-15,17-20,24,28-29,32H,13,16,21-23,25H2,1-8H3,(H,55,57,67)/t28-,29-,32-,50?,51-,61?/m0/s1. The number of carbonyl (C=O) groups is 2. The maximum atomic E-state index is 16.3. The number of H-pyrrole nitrogens is 1. The van der Waals surface area contributed by atoms with Gasteiger partial charge in [-0.1, -0.05) is 18.1 Å².